The highest BCUT2D eigenvalue weighted by Crippen LogP contribution is 2.37. The molecule has 1 aliphatic heterocycles. The summed E-state index contributed by atoms with van der Waals surface area (Å²) in [4.78, 5) is 15.0. The van der Waals surface area contributed by atoms with Crippen molar-refractivity contribution in [3.63, 3.8) is 0 Å². The predicted molar refractivity (Wildman–Crippen MR) is 92.7 cm³/mol. The first-order valence-corrected chi connectivity index (χ1v) is 8.99. The fourth-order valence-electron chi connectivity index (χ4n) is 3.47. The van der Waals surface area contributed by atoms with E-state index in [4.69, 9.17) is 9.47 Å². The highest BCUT2D eigenvalue weighted by molar-refractivity contribution is 5.77. The summed E-state index contributed by atoms with van der Waals surface area (Å²) in [5, 5.41) is 4.26. The molecule has 2 rings (SSSR count). The summed E-state index contributed by atoms with van der Waals surface area (Å²) >= 11 is 0. The summed E-state index contributed by atoms with van der Waals surface area (Å²) in [6, 6.07) is 2.44. The van der Waals surface area contributed by atoms with Crippen molar-refractivity contribution in [3.8, 4) is 0 Å². The van der Waals surface area contributed by atoms with Gasteiger partial charge in [0.05, 0.1) is 12.0 Å². The van der Waals surface area contributed by atoms with E-state index in [-0.39, 0.29) is 11.4 Å². The van der Waals surface area contributed by atoms with E-state index in [2.05, 4.69) is 16.9 Å². The minimum Gasteiger partial charge on any atom is -0.466 e. The summed E-state index contributed by atoms with van der Waals surface area (Å²) in [7, 11) is 1.69. The van der Waals surface area contributed by atoms with Gasteiger partial charge in [-0.05, 0) is 58.7 Å². The number of methoxy groups -OCH3 is 1. The summed E-state index contributed by atoms with van der Waals surface area (Å²) in [6.45, 7) is 7.97. The molecule has 0 amide bonds. The van der Waals surface area contributed by atoms with Gasteiger partial charge in [0.1, 0.15) is 0 Å². The molecule has 2 heterocycles. The van der Waals surface area contributed by atoms with E-state index >= 15 is 0 Å². The van der Waals surface area contributed by atoms with E-state index in [1.165, 1.54) is 0 Å². The Bertz CT molecular complexity index is 482. The third kappa shape index (κ3) is 4.80. The number of nitrogens with zero attached hydrogens (tertiary/aromatic N) is 3. The van der Waals surface area contributed by atoms with E-state index in [1.807, 2.05) is 30.1 Å². The van der Waals surface area contributed by atoms with Gasteiger partial charge in [-0.3, -0.25) is 9.48 Å². The van der Waals surface area contributed by atoms with Crippen LogP contribution in [-0.4, -0.2) is 60.1 Å². The number of hydrogen-bond acceptors (Lipinski definition) is 5. The zero-order valence-electron chi connectivity index (χ0n) is 15.2. The van der Waals surface area contributed by atoms with E-state index in [0.717, 1.165) is 45.3 Å². The van der Waals surface area contributed by atoms with Crippen LogP contribution in [0.3, 0.4) is 0 Å². The van der Waals surface area contributed by atoms with Crippen LogP contribution >= 0.6 is 0 Å². The fourth-order valence-corrected chi connectivity index (χ4v) is 3.47. The minimum atomic E-state index is -0.371. The van der Waals surface area contributed by atoms with Crippen LogP contribution < -0.4 is 0 Å². The normalized spacial score (nSPS) is 19.1. The molecular weight excluding hydrogens is 306 g/mol. The van der Waals surface area contributed by atoms with Crippen molar-refractivity contribution in [3.05, 3.63) is 18.5 Å². The smallest absolute Gasteiger partial charge is 0.312 e. The van der Waals surface area contributed by atoms with Crippen LogP contribution in [0.4, 0.5) is 0 Å². The summed E-state index contributed by atoms with van der Waals surface area (Å²) in [6.07, 6.45) is 7.32. The molecule has 1 saturated heterocycles. The second kappa shape index (κ2) is 9.18. The van der Waals surface area contributed by atoms with Gasteiger partial charge in [-0.2, -0.15) is 5.10 Å². The fraction of sp³-hybridized carbons (Fsp3) is 0.778. The molecule has 0 N–H and O–H groups in total. The van der Waals surface area contributed by atoms with Crippen LogP contribution in [0, 0.1) is 5.41 Å². The number of ether oxygens (including phenoxy) is 2. The molecule has 0 spiro atoms. The van der Waals surface area contributed by atoms with Gasteiger partial charge in [0.15, 0.2) is 0 Å². The minimum absolute atomic E-state index is 0.0501. The largest absolute Gasteiger partial charge is 0.466 e. The lowest BCUT2D eigenvalue weighted by atomic mass is 9.75. The first-order chi connectivity index (χ1) is 11.6. The molecule has 1 aromatic heterocycles. The van der Waals surface area contributed by atoms with Gasteiger partial charge in [0.2, 0.25) is 0 Å². The highest BCUT2D eigenvalue weighted by Gasteiger charge is 2.42. The maximum absolute atomic E-state index is 12.5. The van der Waals surface area contributed by atoms with Gasteiger partial charge in [-0.25, -0.2) is 0 Å². The maximum atomic E-state index is 12.5. The third-order valence-corrected chi connectivity index (χ3v) is 5.21. The van der Waals surface area contributed by atoms with Crippen molar-refractivity contribution in [1.29, 1.82) is 0 Å². The van der Waals surface area contributed by atoms with Gasteiger partial charge in [-0.1, -0.05) is 0 Å². The van der Waals surface area contributed by atoms with Crippen molar-refractivity contribution >= 4 is 5.97 Å². The summed E-state index contributed by atoms with van der Waals surface area (Å²) in [5.74, 6) is -0.0501. The predicted octanol–water partition coefficient (Wildman–Crippen LogP) is 2.34. The van der Waals surface area contributed by atoms with Crippen molar-refractivity contribution in [1.82, 2.24) is 14.7 Å². The second-order valence-electron chi connectivity index (χ2n) is 6.69. The van der Waals surface area contributed by atoms with Crippen LogP contribution in [0.1, 0.15) is 39.5 Å². The van der Waals surface area contributed by atoms with Crippen molar-refractivity contribution in [2.75, 3.05) is 33.4 Å². The molecule has 24 heavy (non-hydrogen) atoms. The maximum Gasteiger partial charge on any atom is 0.312 e. The van der Waals surface area contributed by atoms with Gasteiger partial charge < -0.3 is 14.4 Å². The molecular formula is C18H31N3O3. The molecule has 1 fully saturated rings. The molecule has 1 atom stereocenters. The molecule has 0 saturated carbocycles. The standard InChI is InChI=1S/C18H31N3O3/c1-4-24-17(22)18(9-15-23-3)7-13-20(14-8-18)16(2)6-12-21-11-5-10-19-21/h5,10-11,16H,4,6-9,12-15H2,1-3H3/t16-/m0/s1. The molecule has 1 aromatic rings. The van der Waals surface area contributed by atoms with E-state index < -0.39 is 0 Å². The average molecular weight is 337 g/mol. The van der Waals surface area contributed by atoms with E-state index in [1.54, 1.807) is 7.11 Å². The van der Waals surface area contributed by atoms with Crippen LogP contribution in [0.2, 0.25) is 0 Å². The van der Waals surface area contributed by atoms with Crippen LogP contribution in [0.15, 0.2) is 18.5 Å². The number of carbonyl (C=O) groups is 1. The Balaban J connectivity index is 1.87. The lowest BCUT2D eigenvalue weighted by molar-refractivity contribution is -0.160. The summed E-state index contributed by atoms with van der Waals surface area (Å²) in [5.41, 5.74) is -0.371. The molecule has 0 unspecified atom stereocenters. The molecule has 1 aliphatic rings. The lowest BCUT2D eigenvalue weighted by Crippen LogP contribution is -2.48. The Morgan fingerprint density at radius 3 is 2.71 bits per heavy atom. The summed E-state index contributed by atoms with van der Waals surface area (Å²) < 4.78 is 12.5. The van der Waals surface area contributed by atoms with Gasteiger partial charge in [-0.15, -0.1) is 0 Å². The molecule has 136 valence electrons. The molecule has 6 nitrogen and oxygen atoms in total. The van der Waals surface area contributed by atoms with E-state index in [9.17, 15) is 4.79 Å². The molecule has 0 radical (unpaired) electrons. The van der Waals surface area contributed by atoms with Crippen LogP contribution in [0.5, 0.6) is 0 Å². The van der Waals surface area contributed by atoms with Gasteiger partial charge in [0.25, 0.3) is 0 Å². The Hall–Kier alpha value is -1.40. The van der Waals surface area contributed by atoms with Crippen molar-refractivity contribution in [2.45, 2.75) is 52.1 Å². The number of piperidine rings is 1. The van der Waals surface area contributed by atoms with Crippen LogP contribution in [0.25, 0.3) is 0 Å². The highest BCUT2D eigenvalue weighted by atomic mass is 16.5. The molecule has 0 aromatic carbocycles. The average Bonchev–Trinajstić information content (AvgIpc) is 3.12. The molecule has 0 bridgehead atoms. The van der Waals surface area contributed by atoms with Crippen molar-refractivity contribution < 1.29 is 14.3 Å². The van der Waals surface area contributed by atoms with Gasteiger partial charge in [0, 0.05) is 38.7 Å². The first kappa shape index (κ1) is 18.9. The topological polar surface area (TPSA) is 56.6 Å². The number of likely N-dealkylation sites (tertiary alicyclic amines) is 1. The zero-order chi connectivity index (χ0) is 17.4. The first-order valence-electron chi connectivity index (χ1n) is 8.99. The molecule has 0 aliphatic carbocycles. The SMILES string of the molecule is CCOC(=O)C1(CCOC)CCN([C@@H](C)CCn2cccn2)CC1. The number of rotatable bonds is 9. The van der Waals surface area contributed by atoms with Crippen LogP contribution in [-0.2, 0) is 20.8 Å². The Morgan fingerprint density at radius 2 is 2.12 bits per heavy atom. The zero-order valence-corrected chi connectivity index (χ0v) is 15.2. The van der Waals surface area contributed by atoms with E-state index in [0.29, 0.717) is 19.3 Å². The van der Waals surface area contributed by atoms with Gasteiger partial charge >= 0.3 is 5.97 Å². The molecule has 6 heteroatoms. The number of carbonyl (C=O) groups excluding carboxylic acids is 1. The number of aromatic nitrogens is 2. The van der Waals surface area contributed by atoms with Crippen molar-refractivity contribution in [2.24, 2.45) is 5.41 Å². The monoisotopic (exact) mass is 337 g/mol. The number of esters is 1. The second-order valence-corrected chi connectivity index (χ2v) is 6.69. The number of aryl methyl sites for hydroxylation is 1. The lowest BCUT2D eigenvalue weighted by Gasteiger charge is -2.42. The Morgan fingerprint density at radius 1 is 1.38 bits per heavy atom. The Labute approximate surface area is 145 Å². The Kier molecular flexibility index (Phi) is 7.24. The number of hydrogen-bond donors (Lipinski definition) is 0. The third-order valence-electron chi connectivity index (χ3n) is 5.21. The quantitative estimate of drug-likeness (QED) is 0.648.